The topological polar surface area (TPSA) is 25.4 Å². The molecule has 0 bridgehead atoms. The van der Waals surface area contributed by atoms with Crippen LogP contribution in [0.3, 0.4) is 0 Å². The van der Waals surface area contributed by atoms with Gasteiger partial charge in [0.2, 0.25) is 5.88 Å². The molecular formula is C21H29FN2O. The summed E-state index contributed by atoms with van der Waals surface area (Å²) in [5.41, 5.74) is 3.83. The fourth-order valence-corrected chi connectivity index (χ4v) is 3.16. The third-order valence-corrected chi connectivity index (χ3v) is 4.59. The van der Waals surface area contributed by atoms with E-state index in [1.165, 1.54) is 11.8 Å². The van der Waals surface area contributed by atoms with E-state index in [9.17, 15) is 4.39 Å². The van der Waals surface area contributed by atoms with Gasteiger partial charge in [-0.25, -0.2) is 9.37 Å². The number of methoxy groups -OCH3 is 1. The highest BCUT2D eigenvalue weighted by Gasteiger charge is 2.18. The van der Waals surface area contributed by atoms with Gasteiger partial charge >= 0.3 is 0 Å². The average molecular weight is 344 g/mol. The third kappa shape index (κ3) is 4.57. The Morgan fingerprint density at radius 2 is 1.76 bits per heavy atom. The summed E-state index contributed by atoms with van der Waals surface area (Å²) in [7, 11) is 1.55. The van der Waals surface area contributed by atoms with Crippen molar-refractivity contribution in [3.63, 3.8) is 0 Å². The van der Waals surface area contributed by atoms with Crippen molar-refractivity contribution in [3.05, 3.63) is 47.4 Å². The van der Waals surface area contributed by atoms with Crippen LogP contribution in [0, 0.1) is 5.82 Å². The van der Waals surface area contributed by atoms with Gasteiger partial charge in [0.1, 0.15) is 5.82 Å². The quantitative estimate of drug-likeness (QED) is 0.700. The third-order valence-electron chi connectivity index (χ3n) is 4.59. The van der Waals surface area contributed by atoms with Gasteiger partial charge in [-0.3, -0.25) is 4.90 Å². The van der Waals surface area contributed by atoms with Gasteiger partial charge in [0.15, 0.2) is 0 Å². The molecule has 25 heavy (non-hydrogen) atoms. The summed E-state index contributed by atoms with van der Waals surface area (Å²) < 4.78 is 19.7. The molecular weight excluding hydrogens is 315 g/mol. The van der Waals surface area contributed by atoms with Crippen LogP contribution in [0.4, 0.5) is 4.39 Å². The molecule has 0 unspecified atom stereocenters. The van der Waals surface area contributed by atoms with Gasteiger partial charge in [0.05, 0.1) is 13.3 Å². The molecule has 2 aromatic rings. The van der Waals surface area contributed by atoms with Crippen LogP contribution in [-0.2, 0) is 13.0 Å². The number of pyridine rings is 1. The van der Waals surface area contributed by atoms with Gasteiger partial charge in [-0.15, -0.1) is 0 Å². The fraction of sp³-hybridized carbons (Fsp3) is 0.476. The molecule has 0 N–H and O–H groups in total. The smallest absolute Gasteiger partial charge is 0.213 e. The molecule has 0 saturated heterocycles. The van der Waals surface area contributed by atoms with Crippen molar-refractivity contribution in [3.8, 4) is 17.0 Å². The summed E-state index contributed by atoms with van der Waals surface area (Å²) in [5.74, 6) is 0.0958. The highest BCUT2D eigenvalue weighted by molar-refractivity contribution is 5.69. The van der Waals surface area contributed by atoms with E-state index in [2.05, 4.69) is 56.6 Å². The van der Waals surface area contributed by atoms with Crippen LogP contribution in [0.25, 0.3) is 11.1 Å². The van der Waals surface area contributed by atoms with Gasteiger partial charge < -0.3 is 4.74 Å². The minimum absolute atomic E-state index is 0.327. The Kier molecular flexibility index (Phi) is 6.54. The summed E-state index contributed by atoms with van der Waals surface area (Å²) >= 11 is 0. The second kappa shape index (κ2) is 8.43. The fourth-order valence-electron chi connectivity index (χ4n) is 3.16. The van der Waals surface area contributed by atoms with E-state index in [1.54, 1.807) is 13.2 Å². The molecule has 0 radical (unpaired) electrons. The Balaban J connectivity index is 2.55. The second-order valence-corrected chi connectivity index (χ2v) is 6.91. The molecule has 1 aromatic heterocycles. The Morgan fingerprint density at radius 1 is 1.08 bits per heavy atom. The number of rotatable bonds is 7. The number of ether oxygens (including phenoxy) is 1. The van der Waals surface area contributed by atoms with Crippen LogP contribution in [0.15, 0.2) is 30.5 Å². The zero-order valence-corrected chi connectivity index (χ0v) is 16.1. The van der Waals surface area contributed by atoms with Crippen molar-refractivity contribution in [1.82, 2.24) is 9.88 Å². The predicted molar refractivity (Wildman–Crippen MR) is 101 cm³/mol. The lowest BCUT2D eigenvalue weighted by Crippen LogP contribution is -2.36. The molecule has 2 rings (SSSR count). The Hall–Kier alpha value is -1.94. The van der Waals surface area contributed by atoms with Crippen LogP contribution < -0.4 is 4.74 Å². The van der Waals surface area contributed by atoms with Crippen LogP contribution in [0.2, 0.25) is 0 Å². The molecule has 0 saturated carbocycles. The molecule has 4 heteroatoms. The minimum atomic E-state index is -0.327. The van der Waals surface area contributed by atoms with Crippen LogP contribution >= 0.6 is 0 Å². The van der Waals surface area contributed by atoms with Gasteiger partial charge in [0.25, 0.3) is 0 Å². The number of halogens is 1. The van der Waals surface area contributed by atoms with Crippen molar-refractivity contribution in [2.24, 2.45) is 0 Å². The van der Waals surface area contributed by atoms with Crippen molar-refractivity contribution in [2.45, 2.75) is 59.7 Å². The Bertz CT molecular complexity index is 705. The van der Waals surface area contributed by atoms with Crippen LogP contribution in [0.5, 0.6) is 5.88 Å². The highest BCUT2D eigenvalue weighted by Crippen LogP contribution is 2.31. The van der Waals surface area contributed by atoms with Crippen molar-refractivity contribution >= 4 is 0 Å². The van der Waals surface area contributed by atoms with E-state index in [-0.39, 0.29) is 5.82 Å². The van der Waals surface area contributed by atoms with E-state index < -0.39 is 0 Å². The Labute approximate surface area is 150 Å². The second-order valence-electron chi connectivity index (χ2n) is 6.91. The SMILES string of the molecule is CCc1ccc(-c2cc(OC)ncc2F)c(CN(C(C)C)C(C)C)c1. The van der Waals surface area contributed by atoms with Gasteiger partial charge in [-0.1, -0.05) is 25.1 Å². The summed E-state index contributed by atoms with van der Waals surface area (Å²) in [4.78, 5) is 6.37. The van der Waals surface area contributed by atoms with Gasteiger partial charge in [-0.2, -0.15) is 0 Å². The zero-order chi connectivity index (χ0) is 18.6. The summed E-state index contributed by atoms with van der Waals surface area (Å²) in [6.07, 6.45) is 2.19. The summed E-state index contributed by atoms with van der Waals surface area (Å²) in [6, 6.07) is 8.78. The van der Waals surface area contributed by atoms with E-state index >= 15 is 0 Å². The highest BCUT2D eigenvalue weighted by atomic mass is 19.1. The van der Waals surface area contributed by atoms with E-state index in [0.29, 0.717) is 23.5 Å². The first-order valence-electron chi connectivity index (χ1n) is 8.94. The first-order chi connectivity index (χ1) is 11.9. The molecule has 1 aromatic carbocycles. The number of hydrogen-bond donors (Lipinski definition) is 0. The first kappa shape index (κ1) is 19.4. The maximum Gasteiger partial charge on any atom is 0.213 e. The lowest BCUT2D eigenvalue weighted by atomic mass is 9.96. The molecule has 3 nitrogen and oxygen atoms in total. The van der Waals surface area contributed by atoms with Crippen molar-refractivity contribution in [2.75, 3.05) is 7.11 Å². The number of hydrogen-bond acceptors (Lipinski definition) is 3. The average Bonchev–Trinajstić information content (AvgIpc) is 2.59. The maximum atomic E-state index is 14.5. The monoisotopic (exact) mass is 344 g/mol. The molecule has 0 atom stereocenters. The van der Waals surface area contributed by atoms with E-state index in [0.717, 1.165) is 24.1 Å². The molecule has 0 fully saturated rings. The molecule has 0 amide bonds. The van der Waals surface area contributed by atoms with Crippen molar-refractivity contribution in [1.29, 1.82) is 0 Å². The molecule has 136 valence electrons. The van der Waals surface area contributed by atoms with E-state index in [4.69, 9.17) is 4.74 Å². The molecule has 0 spiro atoms. The van der Waals surface area contributed by atoms with Crippen molar-refractivity contribution < 1.29 is 9.13 Å². The normalized spacial score (nSPS) is 11.6. The minimum Gasteiger partial charge on any atom is -0.481 e. The summed E-state index contributed by atoms with van der Waals surface area (Å²) in [5, 5.41) is 0. The first-order valence-corrected chi connectivity index (χ1v) is 8.94. The molecule has 0 aliphatic rings. The van der Waals surface area contributed by atoms with Gasteiger partial charge in [0, 0.05) is 30.3 Å². The summed E-state index contributed by atoms with van der Waals surface area (Å²) in [6.45, 7) is 11.7. The Morgan fingerprint density at radius 3 is 2.32 bits per heavy atom. The predicted octanol–water partition coefficient (Wildman–Crippen LogP) is 5.08. The van der Waals surface area contributed by atoms with Gasteiger partial charge in [-0.05, 0) is 50.8 Å². The van der Waals surface area contributed by atoms with Crippen LogP contribution in [-0.4, -0.2) is 29.1 Å². The number of aromatic nitrogens is 1. The van der Waals surface area contributed by atoms with E-state index in [1.807, 2.05) is 6.07 Å². The largest absolute Gasteiger partial charge is 0.481 e. The van der Waals surface area contributed by atoms with Crippen LogP contribution in [0.1, 0.15) is 45.7 Å². The number of nitrogens with zero attached hydrogens (tertiary/aromatic N) is 2. The standard InChI is InChI=1S/C21H29FN2O/c1-7-16-8-9-18(19-11-21(25-6)23-12-20(19)22)17(10-16)13-24(14(2)3)15(4)5/h8-12,14-15H,7,13H2,1-6H3. The maximum absolute atomic E-state index is 14.5. The molecule has 0 aliphatic heterocycles. The zero-order valence-electron chi connectivity index (χ0n) is 16.1. The lowest BCUT2D eigenvalue weighted by molar-refractivity contribution is 0.166. The number of aryl methyl sites for hydroxylation is 1. The number of benzene rings is 1. The lowest BCUT2D eigenvalue weighted by Gasteiger charge is -2.31. The molecule has 0 aliphatic carbocycles. The molecule has 1 heterocycles.